The van der Waals surface area contributed by atoms with E-state index in [0.29, 0.717) is 33.2 Å². The molecule has 0 bridgehead atoms. The van der Waals surface area contributed by atoms with E-state index in [4.69, 9.17) is 25.8 Å². The molecule has 0 fully saturated rings. The highest BCUT2D eigenvalue weighted by molar-refractivity contribution is 14.1. The zero-order chi connectivity index (χ0) is 23.4. The zero-order valence-electron chi connectivity index (χ0n) is 17.4. The Hall–Kier alpha value is -3.17. The molecule has 0 atom stereocenters. The van der Waals surface area contributed by atoms with Crippen LogP contribution in [0.3, 0.4) is 0 Å². The first kappa shape index (κ1) is 23.0. The largest absolute Gasteiger partial charge is 0.493 e. The van der Waals surface area contributed by atoms with Gasteiger partial charge in [-0.3, -0.25) is 4.79 Å². The molecule has 33 heavy (non-hydrogen) atoms. The average molecular weight is 574 g/mol. The summed E-state index contributed by atoms with van der Waals surface area (Å²) < 4.78 is 17.3. The average Bonchev–Trinajstić information content (AvgIpc) is 3.19. The first-order valence-corrected chi connectivity index (χ1v) is 11.3. The molecule has 0 unspecified atom stereocenters. The van der Waals surface area contributed by atoms with Gasteiger partial charge in [0.2, 0.25) is 5.90 Å². The number of methoxy groups -OCH3 is 1. The van der Waals surface area contributed by atoms with Crippen LogP contribution in [0.5, 0.6) is 11.5 Å². The van der Waals surface area contributed by atoms with Crippen LogP contribution in [0.25, 0.3) is 6.08 Å². The Labute approximate surface area is 209 Å². The number of nitrogens with zero attached hydrogens (tertiary/aromatic N) is 1. The molecule has 4 rings (SSSR count). The molecule has 0 spiro atoms. The normalized spacial score (nSPS) is 14.1. The van der Waals surface area contributed by atoms with Gasteiger partial charge in [-0.05, 0) is 64.6 Å². The lowest BCUT2D eigenvalue weighted by Crippen LogP contribution is -2.11. The Morgan fingerprint density at radius 1 is 1.09 bits per heavy atom. The Morgan fingerprint density at radius 3 is 2.64 bits per heavy atom. The predicted octanol–water partition coefficient (Wildman–Crippen LogP) is 5.56. The number of hydrogen-bond donors (Lipinski definition) is 0. The van der Waals surface area contributed by atoms with Gasteiger partial charge in [-0.25, -0.2) is 9.79 Å². The quantitative estimate of drug-likeness (QED) is 0.160. The Bertz CT molecular complexity index is 1290. The van der Waals surface area contributed by atoms with Crippen molar-refractivity contribution in [3.8, 4) is 11.5 Å². The van der Waals surface area contributed by atoms with Gasteiger partial charge < -0.3 is 14.2 Å². The van der Waals surface area contributed by atoms with Gasteiger partial charge in [-0.2, -0.15) is 0 Å². The molecule has 8 heteroatoms. The van der Waals surface area contributed by atoms with E-state index in [1.54, 1.807) is 60.7 Å². The molecule has 0 amide bonds. The van der Waals surface area contributed by atoms with E-state index in [0.717, 1.165) is 3.57 Å². The smallest absolute Gasteiger partial charge is 0.363 e. The van der Waals surface area contributed by atoms with Gasteiger partial charge in [-0.1, -0.05) is 48.0 Å². The van der Waals surface area contributed by atoms with Gasteiger partial charge in [0.25, 0.3) is 0 Å². The Balaban J connectivity index is 1.53. The van der Waals surface area contributed by atoms with Crippen LogP contribution >= 0.6 is 34.2 Å². The third-order valence-corrected chi connectivity index (χ3v) is 5.73. The fraction of sp³-hybridized carbons (Fsp3) is 0.0800. The molecule has 1 aliphatic rings. The van der Waals surface area contributed by atoms with Crippen molar-refractivity contribution in [2.45, 2.75) is 0 Å². The molecule has 1 aliphatic heterocycles. The molecule has 166 valence electrons. The Morgan fingerprint density at radius 2 is 1.88 bits per heavy atom. The lowest BCUT2D eigenvalue weighted by Gasteiger charge is -2.11. The summed E-state index contributed by atoms with van der Waals surface area (Å²) in [6.07, 6.45) is 1.58. The number of halogens is 2. The maximum Gasteiger partial charge on any atom is 0.363 e. The highest BCUT2D eigenvalue weighted by Gasteiger charge is 2.26. The fourth-order valence-corrected chi connectivity index (χ4v) is 3.78. The van der Waals surface area contributed by atoms with Crippen molar-refractivity contribution in [2.24, 2.45) is 4.99 Å². The van der Waals surface area contributed by atoms with Gasteiger partial charge >= 0.3 is 5.97 Å². The highest BCUT2D eigenvalue weighted by atomic mass is 127. The van der Waals surface area contributed by atoms with Crippen LogP contribution in [0.4, 0.5) is 0 Å². The molecular weight excluding hydrogens is 557 g/mol. The van der Waals surface area contributed by atoms with E-state index in [2.05, 4.69) is 27.6 Å². The summed E-state index contributed by atoms with van der Waals surface area (Å²) in [5.41, 5.74) is 1.90. The van der Waals surface area contributed by atoms with Crippen molar-refractivity contribution >= 4 is 57.9 Å². The lowest BCUT2D eigenvalue weighted by molar-refractivity contribution is -0.129. The summed E-state index contributed by atoms with van der Waals surface area (Å²) in [4.78, 5) is 28.9. The molecule has 0 radical (unpaired) electrons. The van der Waals surface area contributed by atoms with Crippen molar-refractivity contribution in [3.63, 3.8) is 0 Å². The number of rotatable bonds is 7. The summed E-state index contributed by atoms with van der Waals surface area (Å²) in [5.74, 6) is 0.261. The summed E-state index contributed by atoms with van der Waals surface area (Å²) in [7, 11) is 1.50. The van der Waals surface area contributed by atoms with Crippen molar-refractivity contribution in [3.05, 3.63) is 97.7 Å². The maximum atomic E-state index is 12.3. The first-order valence-electron chi connectivity index (χ1n) is 9.81. The molecule has 1 heterocycles. The van der Waals surface area contributed by atoms with Crippen molar-refractivity contribution in [1.29, 1.82) is 0 Å². The van der Waals surface area contributed by atoms with E-state index in [1.165, 1.54) is 7.11 Å². The fourth-order valence-electron chi connectivity index (χ4n) is 3.09. The first-order chi connectivity index (χ1) is 15.9. The second kappa shape index (κ2) is 10.2. The van der Waals surface area contributed by atoms with E-state index in [9.17, 15) is 9.59 Å². The minimum Gasteiger partial charge on any atom is -0.493 e. The number of Topliss-reactive ketones (excluding diaryl/α,β-unsaturated/α-hetero) is 1. The topological polar surface area (TPSA) is 74.2 Å². The number of carbonyl (C=O) groups is 2. The zero-order valence-corrected chi connectivity index (χ0v) is 20.3. The SMILES string of the molecule is COc1cc(/C=C2\N=C(c3cc(I)ccc3Cl)OC2=O)ccc1OCC(=O)c1ccccc1. The van der Waals surface area contributed by atoms with Gasteiger partial charge in [0.05, 0.1) is 17.7 Å². The Kier molecular flexibility index (Phi) is 7.10. The predicted molar refractivity (Wildman–Crippen MR) is 134 cm³/mol. The molecule has 0 saturated carbocycles. The van der Waals surface area contributed by atoms with Gasteiger partial charge in [0.15, 0.2) is 29.6 Å². The van der Waals surface area contributed by atoms with Crippen molar-refractivity contribution in [2.75, 3.05) is 13.7 Å². The second-order valence-corrected chi connectivity index (χ2v) is 8.60. The number of esters is 1. The van der Waals surface area contributed by atoms with Crippen molar-refractivity contribution < 1.29 is 23.8 Å². The van der Waals surface area contributed by atoms with Crippen LogP contribution in [-0.4, -0.2) is 31.4 Å². The molecule has 3 aromatic carbocycles. The standard InChI is InChI=1S/C25H17ClINO5/c1-31-23-12-15(7-10-22(23)32-14-21(29)16-5-3-2-4-6-16)11-20-25(30)33-24(28-20)18-13-17(27)8-9-19(18)26/h2-13H,14H2,1H3/b20-11-. The number of ketones is 1. The van der Waals surface area contributed by atoms with Gasteiger partial charge in [0, 0.05) is 9.13 Å². The maximum absolute atomic E-state index is 12.3. The molecule has 0 aliphatic carbocycles. The van der Waals surface area contributed by atoms with Crippen LogP contribution in [0, 0.1) is 3.57 Å². The number of benzene rings is 3. The van der Waals surface area contributed by atoms with Crippen molar-refractivity contribution in [1.82, 2.24) is 0 Å². The third-order valence-electron chi connectivity index (χ3n) is 4.72. The number of aliphatic imine (C=N–C) groups is 1. The number of ether oxygens (including phenoxy) is 3. The molecule has 0 saturated heterocycles. The minimum atomic E-state index is -0.576. The lowest BCUT2D eigenvalue weighted by atomic mass is 10.1. The number of cyclic esters (lactones) is 1. The van der Waals surface area contributed by atoms with Crippen LogP contribution in [0.1, 0.15) is 21.5 Å². The van der Waals surface area contributed by atoms with E-state index in [1.807, 2.05) is 12.1 Å². The van der Waals surface area contributed by atoms with Crippen LogP contribution in [0.15, 0.2) is 77.4 Å². The molecule has 3 aromatic rings. The van der Waals surface area contributed by atoms with Crippen LogP contribution in [0.2, 0.25) is 5.02 Å². The minimum absolute atomic E-state index is 0.128. The van der Waals surface area contributed by atoms with E-state index in [-0.39, 0.29) is 24.0 Å². The number of carbonyl (C=O) groups excluding carboxylic acids is 2. The summed E-state index contributed by atoms with van der Waals surface area (Å²) in [6.45, 7) is -0.128. The summed E-state index contributed by atoms with van der Waals surface area (Å²) in [6, 6.07) is 19.4. The highest BCUT2D eigenvalue weighted by Crippen LogP contribution is 2.30. The number of hydrogen-bond acceptors (Lipinski definition) is 6. The van der Waals surface area contributed by atoms with E-state index >= 15 is 0 Å². The van der Waals surface area contributed by atoms with E-state index < -0.39 is 5.97 Å². The molecule has 0 aromatic heterocycles. The molecule has 6 nitrogen and oxygen atoms in total. The monoisotopic (exact) mass is 573 g/mol. The van der Waals surface area contributed by atoms with Crippen LogP contribution < -0.4 is 9.47 Å². The van der Waals surface area contributed by atoms with Gasteiger partial charge in [0.1, 0.15) is 0 Å². The summed E-state index contributed by atoms with van der Waals surface area (Å²) in [5, 5.41) is 0.441. The third kappa shape index (κ3) is 5.43. The molecular formula is C25H17ClINO5. The van der Waals surface area contributed by atoms with Crippen LogP contribution in [-0.2, 0) is 9.53 Å². The van der Waals surface area contributed by atoms with Gasteiger partial charge in [-0.15, -0.1) is 0 Å². The second-order valence-electron chi connectivity index (χ2n) is 6.95. The molecule has 0 N–H and O–H groups in total. The summed E-state index contributed by atoms with van der Waals surface area (Å²) >= 11 is 8.38.